The van der Waals surface area contributed by atoms with Gasteiger partial charge >= 0.3 is 0 Å². The lowest BCUT2D eigenvalue weighted by molar-refractivity contribution is -0.119. The van der Waals surface area contributed by atoms with Gasteiger partial charge in [-0.1, -0.05) is 11.6 Å². The van der Waals surface area contributed by atoms with E-state index < -0.39 is 21.9 Å². The zero-order valence-electron chi connectivity index (χ0n) is 16.5. The molecule has 2 N–H and O–H groups in total. The SMILES string of the molecule is Cc1cc(C)n([C@@H](C)C(=O)Nc2ccc(NS(=O)(=O)c3ccc(F)cc3)cc2Cl)n1. The summed E-state index contributed by atoms with van der Waals surface area (Å²) in [6, 6.07) is 10.1. The highest BCUT2D eigenvalue weighted by atomic mass is 35.5. The number of benzene rings is 2. The van der Waals surface area contributed by atoms with E-state index in [1.165, 1.54) is 18.2 Å². The molecule has 1 atom stereocenters. The number of aromatic nitrogens is 2. The molecular formula is C20H20ClFN4O3S. The Morgan fingerprint density at radius 1 is 1.13 bits per heavy atom. The Labute approximate surface area is 178 Å². The molecule has 0 saturated heterocycles. The molecule has 0 fully saturated rings. The van der Waals surface area contributed by atoms with Crippen LogP contribution < -0.4 is 10.0 Å². The van der Waals surface area contributed by atoms with Gasteiger partial charge in [-0.2, -0.15) is 5.10 Å². The maximum atomic E-state index is 13.0. The number of hydrogen-bond donors (Lipinski definition) is 2. The van der Waals surface area contributed by atoms with Crippen molar-refractivity contribution in [3.8, 4) is 0 Å². The lowest BCUT2D eigenvalue weighted by atomic mass is 10.2. The van der Waals surface area contributed by atoms with Gasteiger partial charge in [0.25, 0.3) is 10.0 Å². The number of nitrogens with one attached hydrogen (secondary N) is 2. The minimum Gasteiger partial charge on any atom is -0.323 e. The van der Waals surface area contributed by atoms with E-state index in [2.05, 4.69) is 15.1 Å². The van der Waals surface area contributed by atoms with Crippen molar-refractivity contribution in [2.45, 2.75) is 31.7 Å². The molecular weight excluding hydrogens is 431 g/mol. The quantitative estimate of drug-likeness (QED) is 0.585. The highest BCUT2D eigenvalue weighted by molar-refractivity contribution is 7.92. The molecule has 1 heterocycles. The third-order valence-corrected chi connectivity index (χ3v) is 6.10. The number of sulfonamides is 1. The number of nitrogens with zero attached hydrogens (tertiary/aromatic N) is 2. The zero-order valence-corrected chi connectivity index (χ0v) is 18.1. The van der Waals surface area contributed by atoms with Crippen LogP contribution in [0.15, 0.2) is 53.4 Å². The van der Waals surface area contributed by atoms with Crippen molar-refractivity contribution in [1.29, 1.82) is 0 Å². The molecule has 30 heavy (non-hydrogen) atoms. The fourth-order valence-corrected chi connectivity index (χ4v) is 4.17. The average molecular weight is 451 g/mol. The third-order valence-electron chi connectivity index (χ3n) is 4.39. The minimum absolute atomic E-state index is 0.0869. The van der Waals surface area contributed by atoms with E-state index in [1.807, 2.05) is 19.9 Å². The summed E-state index contributed by atoms with van der Waals surface area (Å²) in [5.41, 5.74) is 2.20. The molecule has 1 amide bonds. The number of rotatable bonds is 6. The normalized spacial score (nSPS) is 12.4. The van der Waals surface area contributed by atoms with Crippen LogP contribution >= 0.6 is 11.6 Å². The predicted octanol–water partition coefficient (Wildman–Crippen LogP) is 4.29. The van der Waals surface area contributed by atoms with E-state index in [9.17, 15) is 17.6 Å². The van der Waals surface area contributed by atoms with Gasteiger partial charge in [0.05, 0.1) is 27.0 Å². The molecule has 3 rings (SSSR count). The van der Waals surface area contributed by atoms with Crippen molar-refractivity contribution < 1.29 is 17.6 Å². The lowest BCUT2D eigenvalue weighted by Crippen LogP contribution is -2.25. The predicted molar refractivity (Wildman–Crippen MR) is 114 cm³/mol. The number of aryl methyl sites for hydroxylation is 2. The number of halogens is 2. The molecule has 2 aromatic carbocycles. The van der Waals surface area contributed by atoms with E-state index in [0.29, 0.717) is 5.69 Å². The van der Waals surface area contributed by atoms with Crippen molar-refractivity contribution in [3.05, 3.63) is 70.8 Å². The summed E-state index contributed by atoms with van der Waals surface area (Å²) < 4.78 is 41.8. The Hall–Kier alpha value is -2.91. The first kappa shape index (κ1) is 21.8. The van der Waals surface area contributed by atoms with Gasteiger partial charge in [-0.25, -0.2) is 12.8 Å². The van der Waals surface area contributed by atoms with Crippen LogP contribution in [0.25, 0.3) is 0 Å². The molecule has 0 saturated carbocycles. The Bertz CT molecular complexity index is 1190. The molecule has 0 unspecified atom stereocenters. The second-order valence-electron chi connectivity index (χ2n) is 6.79. The van der Waals surface area contributed by atoms with E-state index in [0.717, 1.165) is 35.7 Å². The summed E-state index contributed by atoms with van der Waals surface area (Å²) in [5.74, 6) is -0.852. The molecule has 0 aliphatic carbocycles. The van der Waals surface area contributed by atoms with Gasteiger partial charge in [-0.05, 0) is 69.3 Å². The van der Waals surface area contributed by atoms with Gasteiger partial charge < -0.3 is 5.32 Å². The Morgan fingerprint density at radius 3 is 2.37 bits per heavy atom. The monoisotopic (exact) mass is 450 g/mol. The highest BCUT2D eigenvalue weighted by Gasteiger charge is 2.20. The van der Waals surface area contributed by atoms with Crippen molar-refractivity contribution in [1.82, 2.24) is 9.78 Å². The van der Waals surface area contributed by atoms with Crippen LogP contribution in [0.1, 0.15) is 24.4 Å². The van der Waals surface area contributed by atoms with E-state index >= 15 is 0 Å². The number of hydrogen-bond acceptors (Lipinski definition) is 4. The summed E-state index contributed by atoms with van der Waals surface area (Å²) in [4.78, 5) is 12.5. The van der Waals surface area contributed by atoms with Crippen molar-refractivity contribution in [2.75, 3.05) is 10.0 Å². The largest absolute Gasteiger partial charge is 0.323 e. The molecule has 1 aromatic heterocycles. The van der Waals surface area contributed by atoms with Gasteiger partial charge in [0, 0.05) is 5.69 Å². The van der Waals surface area contributed by atoms with Crippen LogP contribution in [0, 0.1) is 19.7 Å². The number of carbonyl (C=O) groups excluding carboxylic acids is 1. The first-order chi connectivity index (χ1) is 14.1. The van der Waals surface area contributed by atoms with Crippen LogP contribution in [0.5, 0.6) is 0 Å². The first-order valence-corrected chi connectivity index (χ1v) is 10.8. The standard InChI is InChI=1S/C20H20ClFN4O3S/c1-12-10-13(2)26(24-12)14(3)20(27)23-19-9-6-16(11-18(19)21)25-30(28,29)17-7-4-15(22)5-8-17/h4-11,14,25H,1-3H3,(H,23,27)/t14-/m0/s1. The van der Waals surface area contributed by atoms with Gasteiger partial charge in [0.15, 0.2) is 0 Å². The molecule has 0 spiro atoms. The maximum absolute atomic E-state index is 13.0. The molecule has 158 valence electrons. The van der Waals surface area contributed by atoms with E-state index in [-0.39, 0.29) is 21.5 Å². The van der Waals surface area contributed by atoms with Crippen LogP contribution in [0.4, 0.5) is 15.8 Å². The molecule has 3 aromatic rings. The van der Waals surface area contributed by atoms with E-state index in [1.54, 1.807) is 11.6 Å². The summed E-state index contributed by atoms with van der Waals surface area (Å²) >= 11 is 6.23. The molecule has 0 bridgehead atoms. The zero-order chi connectivity index (χ0) is 22.1. The number of amides is 1. The van der Waals surface area contributed by atoms with Crippen LogP contribution in [-0.4, -0.2) is 24.1 Å². The van der Waals surface area contributed by atoms with E-state index in [4.69, 9.17) is 11.6 Å². The topological polar surface area (TPSA) is 93.1 Å². The Morgan fingerprint density at radius 2 is 1.80 bits per heavy atom. The van der Waals surface area contributed by atoms with Gasteiger partial charge in [-0.3, -0.25) is 14.2 Å². The Kier molecular flexibility index (Phi) is 6.14. The fourth-order valence-electron chi connectivity index (χ4n) is 2.89. The maximum Gasteiger partial charge on any atom is 0.261 e. The molecule has 0 aliphatic rings. The minimum atomic E-state index is -3.91. The molecule has 0 aliphatic heterocycles. The second kappa shape index (κ2) is 8.45. The third kappa shape index (κ3) is 4.80. The summed E-state index contributed by atoms with van der Waals surface area (Å²) in [5, 5.41) is 7.18. The molecule has 7 nitrogen and oxygen atoms in total. The molecule has 10 heteroatoms. The van der Waals surface area contributed by atoms with Crippen molar-refractivity contribution >= 4 is 38.9 Å². The van der Waals surface area contributed by atoms with Crippen molar-refractivity contribution in [2.24, 2.45) is 0 Å². The first-order valence-electron chi connectivity index (χ1n) is 8.98. The van der Waals surface area contributed by atoms with Gasteiger partial charge in [-0.15, -0.1) is 0 Å². The van der Waals surface area contributed by atoms with Crippen LogP contribution in [0.3, 0.4) is 0 Å². The Balaban J connectivity index is 1.74. The van der Waals surface area contributed by atoms with Crippen molar-refractivity contribution in [3.63, 3.8) is 0 Å². The average Bonchev–Trinajstić information content (AvgIpc) is 3.01. The lowest BCUT2D eigenvalue weighted by Gasteiger charge is -2.16. The van der Waals surface area contributed by atoms with Gasteiger partial charge in [0.2, 0.25) is 5.91 Å². The number of anilines is 2. The van der Waals surface area contributed by atoms with Crippen LogP contribution in [-0.2, 0) is 14.8 Å². The highest BCUT2D eigenvalue weighted by Crippen LogP contribution is 2.28. The number of carbonyl (C=O) groups is 1. The summed E-state index contributed by atoms with van der Waals surface area (Å²) in [7, 11) is -3.91. The van der Waals surface area contributed by atoms with Crippen LogP contribution in [0.2, 0.25) is 5.02 Å². The fraction of sp³-hybridized carbons (Fsp3) is 0.200. The summed E-state index contributed by atoms with van der Waals surface area (Å²) in [6.45, 7) is 5.42. The second-order valence-corrected chi connectivity index (χ2v) is 8.88. The molecule has 0 radical (unpaired) electrons. The van der Waals surface area contributed by atoms with Gasteiger partial charge in [0.1, 0.15) is 11.9 Å². The smallest absolute Gasteiger partial charge is 0.261 e. The summed E-state index contributed by atoms with van der Waals surface area (Å²) in [6.07, 6.45) is 0.